The molecule has 0 saturated heterocycles. The van der Waals surface area contributed by atoms with Crippen LogP contribution >= 0.6 is 0 Å². The molecule has 0 fully saturated rings. The number of hydrogen-bond acceptors (Lipinski definition) is 3. The van der Waals surface area contributed by atoms with Gasteiger partial charge in [0.05, 0.1) is 6.10 Å². The van der Waals surface area contributed by atoms with E-state index in [0.29, 0.717) is 5.75 Å². The van der Waals surface area contributed by atoms with E-state index in [9.17, 15) is 5.11 Å². The van der Waals surface area contributed by atoms with Gasteiger partial charge in [0.1, 0.15) is 11.5 Å². The van der Waals surface area contributed by atoms with E-state index in [0.717, 1.165) is 11.3 Å². The van der Waals surface area contributed by atoms with Gasteiger partial charge < -0.3 is 15.6 Å². The standard InChI is InChI=1S/C14H15NO2/c15-10-14(16)11-5-4-8-13(9-11)17-12-6-2-1-3-7-12/h1-9,14,16H,10,15H2. The highest BCUT2D eigenvalue weighted by molar-refractivity contribution is 5.34. The molecule has 0 heterocycles. The van der Waals surface area contributed by atoms with E-state index in [1.54, 1.807) is 6.07 Å². The Hall–Kier alpha value is -1.84. The molecule has 0 aliphatic rings. The molecule has 17 heavy (non-hydrogen) atoms. The van der Waals surface area contributed by atoms with Crippen LogP contribution in [0.15, 0.2) is 54.6 Å². The second kappa shape index (κ2) is 5.48. The van der Waals surface area contributed by atoms with Gasteiger partial charge in [-0.1, -0.05) is 30.3 Å². The van der Waals surface area contributed by atoms with Gasteiger partial charge in [0.25, 0.3) is 0 Å². The Morgan fingerprint density at radius 1 is 1.00 bits per heavy atom. The molecule has 0 spiro atoms. The molecule has 2 rings (SSSR count). The van der Waals surface area contributed by atoms with Crippen molar-refractivity contribution >= 4 is 0 Å². The minimum absolute atomic E-state index is 0.203. The lowest BCUT2D eigenvalue weighted by Gasteiger charge is -2.10. The summed E-state index contributed by atoms with van der Waals surface area (Å²) < 4.78 is 5.66. The molecule has 1 atom stereocenters. The minimum atomic E-state index is -0.644. The van der Waals surface area contributed by atoms with Crippen molar-refractivity contribution in [3.63, 3.8) is 0 Å². The maximum atomic E-state index is 9.64. The van der Waals surface area contributed by atoms with Gasteiger partial charge in [0.15, 0.2) is 0 Å². The van der Waals surface area contributed by atoms with E-state index >= 15 is 0 Å². The van der Waals surface area contributed by atoms with Crippen molar-refractivity contribution in [1.82, 2.24) is 0 Å². The molecular weight excluding hydrogens is 214 g/mol. The molecule has 0 aliphatic heterocycles. The maximum absolute atomic E-state index is 9.64. The Morgan fingerprint density at radius 2 is 1.71 bits per heavy atom. The third kappa shape index (κ3) is 3.06. The summed E-state index contributed by atoms with van der Waals surface area (Å²) in [6.07, 6.45) is -0.644. The molecule has 0 aliphatic carbocycles. The van der Waals surface area contributed by atoms with Crippen molar-refractivity contribution < 1.29 is 9.84 Å². The first-order valence-corrected chi connectivity index (χ1v) is 5.50. The van der Waals surface area contributed by atoms with Gasteiger partial charge in [-0.3, -0.25) is 0 Å². The van der Waals surface area contributed by atoms with Crippen molar-refractivity contribution in [1.29, 1.82) is 0 Å². The summed E-state index contributed by atoms with van der Waals surface area (Å²) in [6.45, 7) is 0.203. The highest BCUT2D eigenvalue weighted by Gasteiger charge is 2.06. The highest BCUT2D eigenvalue weighted by Crippen LogP contribution is 2.23. The number of nitrogens with two attached hydrogens (primary N) is 1. The zero-order valence-corrected chi connectivity index (χ0v) is 9.41. The van der Waals surface area contributed by atoms with Gasteiger partial charge >= 0.3 is 0 Å². The Balaban J connectivity index is 2.17. The first-order chi connectivity index (χ1) is 8.29. The van der Waals surface area contributed by atoms with Gasteiger partial charge in [-0.15, -0.1) is 0 Å². The number of aliphatic hydroxyl groups is 1. The number of aliphatic hydroxyl groups excluding tert-OH is 1. The van der Waals surface area contributed by atoms with Crippen molar-refractivity contribution in [2.45, 2.75) is 6.10 Å². The van der Waals surface area contributed by atoms with Crippen LogP contribution in [-0.2, 0) is 0 Å². The lowest BCUT2D eigenvalue weighted by molar-refractivity contribution is 0.186. The van der Waals surface area contributed by atoms with Gasteiger partial charge in [-0.25, -0.2) is 0 Å². The highest BCUT2D eigenvalue weighted by atomic mass is 16.5. The molecule has 0 amide bonds. The molecule has 0 saturated carbocycles. The lowest BCUT2D eigenvalue weighted by Crippen LogP contribution is -2.11. The van der Waals surface area contributed by atoms with Crippen molar-refractivity contribution in [3.05, 3.63) is 60.2 Å². The number of para-hydroxylation sites is 1. The molecule has 88 valence electrons. The number of rotatable bonds is 4. The van der Waals surface area contributed by atoms with Crippen LogP contribution in [0.2, 0.25) is 0 Å². The van der Waals surface area contributed by atoms with Crippen molar-refractivity contribution in [3.8, 4) is 11.5 Å². The maximum Gasteiger partial charge on any atom is 0.127 e. The second-order valence-electron chi connectivity index (χ2n) is 3.74. The number of hydrogen-bond donors (Lipinski definition) is 2. The molecule has 0 radical (unpaired) electrons. The molecule has 3 N–H and O–H groups in total. The summed E-state index contributed by atoms with van der Waals surface area (Å²) >= 11 is 0. The van der Waals surface area contributed by atoms with Crippen LogP contribution in [0.4, 0.5) is 0 Å². The zero-order chi connectivity index (χ0) is 12.1. The molecule has 2 aromatic rings. The second-order valence-corrected chi connectivity index (χ2v) is 3.74. The number of benzene rings is 2. The van der Waals surface area contributed by atoms with Crippen LogP contribution in [0.25, 0.3) is 0 Å². The summed E-state index contributed by atoms with van der Waals surface area (Å²) in [4.78, 5) is 0. The monoisotopic (exact) mass is 229 g/mol. The Bertz CT molecular complexity index is 471. The molecule has 3 heteroatoms. The summed E-state index contributed by atoms with van der Waals surface area (Å²) in [5, 5.41) is 9.64. The topological polar surface area (TPSA) is 55.5 Å². The molecular formula is C14H15NO2. The average Bonchev–Trinajstić information content (AvgIpc) is 2.39. The van der Waals surface area contributed by atoms with Crippen molar-refractivity contribution in [2.24, 2.45) is 5.73 Å². The third-order valence-corrected chi connectivity index (χ3v) is 2.45. The average molecular weight is 229 g/mol. The SMILES string of the molecule is NCC(O)c1cccc(Oc2ccccc2)c1. The quantitative estimate of drug-likeness (QED) is 0.846. The zero-order valence-electron chi connectivity index (χ0n) is 9.41. The fraction of sp³-hybridized carbons (Fsp3) is 0.143. The summed E-state index contributed by atoms with van der Waals surface area (Å²) in [5.74, 6) is 1.47. The predicted molar refractivity (Wildman–Crippen MR) is 67.0 cm³/mol. The van der Waals surface area contributed by atoms with Crippen LogP contribution in [0.3, 0.4) is 0 Å². The van der Waals surface area contributed by atoms with Crippen LogP contribution in [0.5, 0.6) is 11.5 Å². The Kier molecular flexibility index (Phi) is 3.75. The predicted octanol–water partition coefficient (Wildman–Crippen LogP) is 2.47. The first kappa shape index (κ1) is 11.6. The van der Waals surface area contributed by atoms with E-state index in [4.69, 9.17) is 10.5 Å². The van der Waals surface area contributed by atoms with Crippen LogP contribution in [0.1, 0.15) is 11.7 Å². The Morgan fingerprint density at radius 3 is 2.41 bits per heavy atom. The van der Waals surface area contributed by atoms with Crippen LogP contribution in [-0.4, -0.2) is 11.7 Å². The van der Waals surface area contributed by atoms with Gasteiger partial charge in [0, 0.05) is 6.54 Å². The largest absolute Gasteiger partial charge is 0.457 e. The van der Waals surface area contributed by atoms with E-state index in [2.05, 4.69) is 0 Å². The van der Waals surface area contributed by atoms with Crippen LogP contribution < -0.4 is 10.5 Å². The summed E-state index contributed by atoms with van der Waals surface area (Å²) in [6, 6.07) is 16.8. The molecule has 0 bridgehead atoms. The normalized spacial score (nSPS) is 12.1. The van der Waals surface area contributed by atoms with Gasteiger partial charge in [-0.2, -0.15) is 0 Å². The minimum Gasteiger partial charge on any atom is -0.457 e. The summed E-state index contributed by atoms with van der Waals surface area (Å²) in [5.41, 5.74) is 6.18. The van der Waals surface area contributed by atoms with E-state index in [1.165, 1.54) is 0 Å². The smallest absolute Gasteiger partial charge is 0.127 e. The van der Waals surface area contributed by atoms with E-state index in [-0.39, 0.29) is 6.54 Å². The van der Waals surface area contributed by atoms with E-state index in [1.807, 2.05) is 48.5 Å². The van der Waals surface area contributed by atoms with Crippen LogP contribution in [0, 0.1) is 0 Å². The molecule has 0 aromatic heterocycles. The van der Waals surface area contributed by atoms with Gasteiger partial charge in [-0.05, 0) is 29.8 Å². The lowest BCUT2D eigenvalue weighted by atomic mass is 10.1. The molecule has 2 aromatic carbocycles. The fourth-order valence-corrected chi connectivity index (χ4v) is 1.55. The fourth-order valence-electron chi connectivity index (χ4n) is 1.55. The molecule has 3 nitrogen and oxygen atoms in total. The summed E-state index contributed by atoms with van der Waals surface area (Å²) in [7, 11) is 0. The third-order valence-electron chi connectivity index (χ3n) is 2.45. The van der Waals surface area contributed by atoms with E-state index < -0.39 is 6.10 Å². The number of ether oxygens (including phenoxy) is 1. The molecule has 1 unspecified atom stereocenters. The van der Waals surface area contributed by atoms with Crippen molar-refractivity contribution in [2.75, 3.05) is 6.54 Å². The van der Waals surface area contributed by atoms with Gasteiger partial charge in [0.2, 0.25) is 0 Å². The Labute approximate surface area is 100 Å². The first-order valence-electron chi connectivity index (χ1n) is 5.50.